The second kappa shape index (κ2) is 9.17. The molecular weight excluding hydrogens is 404 g/mol. The van der Waals surface area contributed by atoms with Crippen molar-refractivity contribution in [1.82, 2.24) is 5.32 Å². The van der Waals surface area contributed by atoms with E-state index in [1.807, 2.05) is 64.5 Å². The number of quaternary nitrogens is 1. The van der Waals surface area contributed by atoms with Crippen molar-refractivity contribution in [3.05, 3.63) is 72.3 Å². The summed E-state index contributed by atoms with van der Waals surface area (Å²) in [6.45, 7) is 6.33. The molecule has 0 saturated heterocycles. The number of hydrogen-bond donors (Lipinski definition) is 2. The molecule has 3 rings (SSSR count). The minimum atomic E-state index is -1.10. The Labute approximate surface area is 190 Å². The molecule has 170 valence electrons. The molecule has 0 saturated carbocycles. The maximum Gasteiger partial charge on any atom is 0.407 e. The quantitative estimate of drug-likeness (QED) is 0.454. The lowest BCUT2D eigenvalue weighted by Crippen LogP contribution is -2.57. The summed E-state index contributed by atoms with van der Waals surface area (Å²) in [6, 6.07) is 15.1. The number of aliphatic carboxylic acids is 1. The van der Waals surface area contributed by atoms with Crippen molar-refractivity contribution in [2.24, 2.45) is 5.41 Å². The van der Waals surface area contributed by atoms with Crippen LogP contribution in [0.1, 0.15) is 30.4 Å². The Morgan fingerprint density at radius 1 is 1.12 bits per heavy atom. The van der Waals surface area contributed by atoms with E-state index < -0.39 is 23.5 Å². The van der Waals surface area contributed by atoms with Crippen LogP contribution in [0, 0.1) is 5.41 Å². The van der Waals surface area contributed by atoms with Gasteiger partial charge >= 0.3 is 12.1 Å². The normalized spacial score (nSPS) is 15.8. The molecule has 1 aliphatic rings. The van der Waals surface area contributed by atoms with E-state index in [-0.39, 0.29) is 12.5 Å². The molecule has 2 aromatic carbocycles. The summed E-state index contributed by atoms with van der Waals surface area (Å²) in [5, 5.41) is 12.5. The molecule has 0 aliphatic heterocycles. The van der Waals surface area contributed by atoms with Crippen LogP contribution in [0.5, 0.6) is 0 Å². The van der Waals surface area contributed by atoms with Crippen LogP contribution in [0.2, 0.25) is 0 Å². The molecule has 0 heterocycles. The van der Waals surface area contributed by atoms with Gasteiger partial charge in [-0.3, -0.25) is 0 Å². The van der Waals surface area contributed by atoms with Crippen molar-refractivity contribution in [1.29, 1.82) is 0 Å². The number of allylic oxidation sites excluding steroid dienone is 1. The summed E-state index contributed by atoms with van der Waals surface area (Å²) < 4.78 is 6.14. The second-order valence-electron chi connectivity index (χ2n) is 9.84. The number of fused-ring (bicyclic) bond motifs is 3. The van der Waals surface area contributed by atoms with Crippen molar-refractivity contribution in [2.75, 3.05) is 34.3 Å². The van der Waals surface area contributed by atoms with Crippen LogP contribution in [0.3, 0.4) is 0 Å². The van der Waals surface area contributed by atoms with E-state index in [9.17, 15) is 14.7 Å². The maximum atomic E-state index is 12.7. The predicted molar refractivity (Wildman–Crippen MR) is 125 cm³/mol. The predicted octanol–water partition coefficient (Wildman–Crippen LogP) is 4.27. The monoisotopic (exact) mass is 437 g/mol. The Morgan fingerprint density at radius 3 is 2.12 bits per heavy atom. The Hall–Kier alpha value is -3.12. The Kier molecular flexibility index (Phi) is 6.74. The lowest BCUT2D eigenvalue weighted by Gasteiger charge is -2.39. The molecule has 1 aliphatic carbocycles. The van der Waals surface area contributed by atoms with Crippen LogP contribution < -0.4 is 5.32 Å². The number of nitrogens with one attached hydrogen (secondary N) is 1. The zero-order valence-corrected chi connectivity index (χ0v) is 19.3. The van der Waals surface area contributed by atoms with E-state index in [0.717, 1.165) is 22.3 Å². The summed E-state index contributed by atoms with van der Waals surface area (Å²) in [5.74, 6) is -1.17. The molecule has 0 bridgehead atoms. The SMILES string of the molecule is C=CC[C@](C)(C[N+](C)(C)C)[C@H](NC(=O)OCC1c2ccccc2-c2ccccc21)C(=O)O. The zero-order chi connectivity index (χ0) is 23.5. The minimum Gasteiger partial charge on any atom is -0.480 e. The van der Waals surface area contributed by atoms with Crippen LogP contribution in [-0.4, -0.2) is 62.0 Å². The standard InChI is InChI=1S/C26H32N2O4/c1-6-15-26(2,17-28(3,4)5)23(24(29)30)27-25(31)32-16-22-20-13-9-7-11-18(20)19-12-8-10-14-21(19)22/h6-14,22-23H,1,15-17H2,2-5H3,(H-,27,29,30,31)/p+1/t23-,26-/m1/s1. The number of benzene rings is 2. The number of carbonyl (C=O) groups is 2. The molecule has 0 aromatic heterocycles. The fraction of sp³-hybridized carbons (Fsp3) is 0.385. The van der Waals surface area contributed by atoms with Crippen LogP contribution in [0.25, 0.3) is 11.1 Å². The topological polar surface area (TPSA) is 75.6 Å². The van der Waals surface area contributed by atoms with E-state index in [0.29, 0.717) is 17.4 Å². The number of hydrogen-bond acceptors (Lipinski definition) is 3. The molecule has 0 fully saturated rings. The number of rotatable bonds is 9. The third-order valence-electron chi connectivity index (χ3n) is 6.00. The molecule has 0 radical (unpaired) electrons. The van der Waals surface area contributed by atoms with Crippen molar-refractivity contribution < 1.29 is 23.9 Å². The third-order valence-corrected chi connectivity index (χ3v) is 6.00. The summed E-state index contributed by atoms with van der Waals surface area (Å²) in [7, 11) is 5.98. The minimum absolute atomic E-state index is 0.0813. The van der Waals surface area contributed by atoms with Gasteiger partial charge in [-0.15, -0.1) is 6.58 Å². The van der Waals surface area contributed by atoms with E-state index in [1.54, 1.807) is 6.08 Å². The van der Waals surface area contributed by atoms with Crippen molar-refractivity contribution in [3.8, 4) is 11.1 Å². The number of nitrogens with zero attached hydrogens (tertiary/aromatic N) is 1. The first-order chi connectivity index (χ1) is 15.1. The molecule has 2 aromatic rings. The first kappa shape index (κ1) is 23.5. The smallest absolute Gasteiger partial charge is 0.407 e. The highest BCUT2D eigenvalue weighted by Crippen LogP contribution is 2.44. The molecule has 2 atom stereocenters. The van der Waals surface area contributed by atoms with Crippen LogP contribution in [0.4, 0.5) is 4.79 Å². The Morgan fingerprint density at radius 2 is 1.66 bits per heavy atom. The molecule has 0 unspecified atom stereocenters. The molecule has 2 N–H and O–H groups in total. The maximum absolute atomic E-state index is 12.7. The van der Waals surface area contributed by atoms with Gasteiger partial charge in [0, 0.05) is 5.92 Å². The molecule has 0 spiro atoms. The van der Waals surface area contributed by atoms with Gasteiger partial charge < -0.3 is 19.6 Å². The first-order valence-electron chi connectivity index (χ1n) is 10.8. The lowest BCUT2D eigenvalue weighted by molar-refractivity contribution is -0.877. The number of carboxylic acid groups (broad SMARTS) is 1. The highest BCUT2D eigenvalue weighted by molar-refractivity contribution is 5.81. The molecule has 6 nitrogen and oxygen atoms in total. The van der Waals surface area contributed by atoms with Crippen LogP contribution >= 0.6 is 0 Å². The van der Waals surface area contributed by atoms with Gasteiger partial charge in [-0.25, -0.2) is 9.59 Å². The van der Waals surface area contributed by atoms with Gasteiger partial charge in [-0.05, 0) is 28.7 Å². The highest BCUT2D eigenvalue weighted by Gasteiger charge is 2.44. The van der Waals surface area contributed by atoms with E-state index in [4.69, 9.17) is 4.74 Å². The number of carbonyl (C=O) groups excluding carboxylic acids is 1. The van der Waals surface area contributed by atoms with Gasteiger partial charge in [0.2, 0.25) is 0 Å². The van der Waals surface area contributed by atoms with E-state index in [2.05, 4.69) is 24.0 Å². The average Bonchev–Trinajstić information content (AvgIpc) is 3.03. The van der Waals surface area contributed by atoms with E-state index >= 15 is 0 Å². The molecular formula is C26H33N2O4+. The fourth-order valence-corrected chi connectivity index (χ4v) is 4.98. The molecule has 1 amide bonds. The van der Waals surface area contributed by atoms with Gasteiger partial charge in [-0.1, -0.05) is 61.5 Å². The summed E-state index contributed by atoms with van der Waals surface area (Å²) in [4.78, 5) is 24.8. The zero-order valence-electron chi connectivity index (χ0n) is 19.3. The Bertz CT molecular complexity index is 965. The molecule has 6 heteroatoms. The van der Waals surface area contributed by atoms with Crippen molar-refractivity contribution >= 4 is 12.1 Å². The van der Waals surface area contributed by atoms with Crippen molar-refractivity contribution in [3.63, 3.8) is 0 Å². The Balaban J connectivity index is 1.75. The average molecular weight is 438 g/mol. The lowest BCUT2D eigenvalue weighted by atomic mass is 9.78. The first-order valence-corrected chi connectivity index (χ1v) is 10.8. The third kappa shape index (κ3) is 5.02. The van der Waals surface area contributed by atoms with E-state index in [1.165, 1.54) is 0 Å². The van der Waals surface area contributed by atoms with Gasteiger partial charge in [-0.2, -0.15) is 0 Å². The van der Waals surface area contributed by atoms with Gasteiger partial charge in [0.05, 0.1) is 33.1 Å². The summed E-state index contributed by atoms with van der Waals surface area (Å²) >= 11 is 0. The van der Waals surface area contributed by atoms with Gasteiger partial charge in [0.1, 0.15) is 12.6 Å². The van der Waals surface area contributed by atoms with Crippen LogP contribution in [-0.2, 0) is 9.53 Å². The molecule has 32 heavy (non-hydrogen) atoms. The van der Waals surface area contributed by atoms with Crippen LogP contribution in [0.15, 0.2) is 61.2 Å². The number of carboxylic acids is 1. The number of alkyl carbamates (subject to hydrolysis) is 1. The van der Waals surface area contributed by atoms with Gasteiger partial charge in [0.15, 0.2) is 0 Å². The summed E-state index contributed by atoms with van der Waals surface area (Å²) in [6.07, 6.45) is 1.42. The van der Waals surface area contributed by atoms with Gasteiger partial charge in [0.25, 0.3) is 0 Å². The summed E-state index contributed by atoms with van der Waals surface area (Å²) in [5.41, 5.74) is 3.77. The number of amides is 1. The number of ether oxygens (including phenoxy) is 1. The fourth-order valence-electron chi connectivity index (χ4n) is 4.98. The van der Waals surface area contributed by atoms with Crippen molar-refractivity contribution in [2.45, 2.75) is 25.3 Å². The second-order valence-corrected chi connectivity index (χ2v) is 9.84. The highest BCUT2D eigenvalue weighted by atomic mass is 16.5. The largest absolute Gasteiger partial charge is 0.480 e.